The monoisotopic (exact) mass is 294 g/mol. The maximum atomic E-state index is 4.37. The molecule has 2 heterocycles. The third-order valence-corrected chi connectivity index (χ3v) is 4.93. The van der Waals surface area contributed by atoms with E-state index in [1.807, 2.05) is 18.5 Å². The van der Waals surface area contributed by atoms with Crippen LogP contribution in [0.1, 0.15) is 30.0 Å². The summed E-state index contributed by atoms with van der Waals surface area (Å²) >= 11 is 0. The highest BCUT2D eigenvalue weighted by Crippen LogP contribution is 2.34. The molecule has 0 N–H and O–H groups in total. The van der Waals surface area contributed by atoms with Crippen LogP contribution >= 0.6 is 0 Å². The molecule has 2 aliphatic rings. The van der Waals surface area contributed by atoms with E-state index < -0.39 is 0 Å². The summed E-state index contributed by atoms with van der Waals surface area (Å²) in [5, 5.41) is 0. The smallest absolute Gasteiger partial charge is 0.225 e. The summed E-state index contributed by atoms with van der Waals surface area (Å²) in [6, 6.07) is 11.5. The summed E-state index contributed by atoms with van der Waals surface area (Å²) in [5.74, 6) is 0.867. The Bertz CT molecular complexity index is 620. The molecule has 0 unspecified atom stereocenters. The summed E-state index contributed by atoms with van der Waals surface area (Å²) < 4.78 is 0. The highest BCUT2D eigenvalue weighted by Gasteiger charge is 2.28. The van der Waals surface area contributed by atoms with Crippen LogP contribution in [0.25, 0.3) is 0 Å². The number of hydrogen-bond donors (Lipinski definition) is 0. The van der Waals surface area contributed by atoms with Crippen LogP contribution in [0.2, 0.25) is 0 Å². The Labute approximate surface area is 131 Å². The van der Waals surface area contributed by atoms with Crippen molar-refractivity contribution in [2.45, 2.75) is 25.3 Å². The standard InChI is InChI=1S/C18H22N4/c1-2-7-16-15(5-1)6-3-8-17(16)21-11-13-22(14-12-21)18-19-9-4-10-20-18/h1-2,4-5,7,9-10,17H,3,6,8,11-14H2/t17-/m0/s1. The second-order valence-electron chi connectivity index (χ2n) is 6.18. The molecule has 4 nitrogen and oxygen atoms in total. The number of benzene rings is 1. The molecular weight excluding hydrogens is 272 g/mol. The van der Waals surface area contributed by atoms with Crippen molar-refractivity contribution in [2.75, 3.05) is 31.1 Å². The molecule has 1 aromatic carbocycles. The lowest BCUT2D eigenvalue weighted by Crippen LogP contribution is -2.48. The maximum Gasteiger partial charge on any atom is 0.225 e. The van der Waals surface area contributed by atoms with Crippen molar-refractivity contribution in [1.29, 1.82) is 0 Å². The van der Waals surface area contributed by atoms with E-state index >= 15 is 0 Å². The second kappa shape index (κ2) is 6.05. The van der Waals surface area contributed by atoms with Gasteiger partial charge in [-0.3, -0.25) is 4.90 Å². The lowest BCUT2D eigenvalue weighted by Gasteiger charge is -2.41. The molecule has 1 aliphatic heterocycles. The zero-order chi connectivity index (χ0) is 14.8. The van der Waals surface area contributed by atoms with Crippen molar-refractivity contribution in [1.82, 2.24) is 14.9 Å². The van der Waals surface area contributed by atoms with E-state index in [2.05, 4.69) is 44.0 Å². The Kier molecular flexibility index (Phi) is 3.77. The van der Waals surface area contributed by atoms with Gasteiger partial charge in [0.05, 0.1) is 0 Å². The highest BCUT2D eigenvalue weighted by molar-refractivity contribution is 5.33. The summed E-state index contributed by atoms with van der Waals surface area (Å²) in [7, 11) is 0. The summed E-state index contributed by atoms with van der Waals surface area (Å²) in [6.07, 6.45) is 7.49. The number of anilines is 1. The maximum absolute atomic E-state index is 4.37. The summed E-state index contributed by atoms with van der Waals surface area (Å²) in [5.41, 5.74) is 3.10. The molecule has 0 amide bonds. The van der Waals surface area contributed by atoms with Crippen molar-refractivity contribution >= 4 is 5.95 Å². The van der Waals surface area contributed by atoms with Crippen LogP contribution < -0.4 is 4.90 Å². The van der Waals surface area contributed by atoms with Gasteiger partial charge in [-0.15, -0.1) is 0 Å². The number of piperazine rings is 1. The first-order valence-electron chi connectivity index (χ1n) is 8.25. The lowest BCUT2D eigenvalue weighted by atomic mass is 9.86. The third-order valence-electron chi connectivity index (χ3n) is 4.93. The number of fused-ring (bicyclic) bond motifs is 1. The third kappa shape index (κ3) is 2.59. The van der Waals surface area contributed by atoms with E-state index in [1.54, 1.807) is 11.1 Å². The highest BCUT2D eigenvalue weighted by atomic mass is 15.3. The van der Waals surface area contributed by atoms with Gasteiger partial charge in [-0.1, -0.05) is 24.3 Å². The first-order chi connectivity index (χ1) is 10.9. The molecule has 0 saturated carbocycles. The Morgan fingerprint density at radius 1 is 0.909 bits per heavy atom. The fourth-order valence-electron chi connectivity index (χ4n) is 3.80. The van der Waals surface area contributed by atoms with Crippen LogP contribution in [0.3, 0.4) is 0 Å². The van der Waals surface area contributed by atoms with E-state index in [0.717, 1.165) is 32.1 Å². The zero-order valence-electron chi connectivity index (χ0n) is 12.9. The van der Waals surface area contributed by atoms with Gasteiger partial charge >= 0.3 is 0 Å². The SMILES string of the molecule is c1cnc(N2CCN([C@H]3CCCc4ccccc43)CC2)nc1. The van der Waals surface area contributed by atoms with Gasteiger partial charge in [0.1, 0.15) is 0 Å². The number of nitrogens with zero attached hydrogens (tertiary/aromatic N) is 4. The Morgan fingerprint density at radius 2 is 1.68 bits per heavy atom. The molecule has 4 heteroatoms. The van der Waals surface area contributed by atoms with E-state index in [-0.39, 0.29) is 0 Å². The lowest BCUT2D eigenvalue weighted by molar-refractivity contribution is 0.168. The molecule has 22 heavy (non-hydrogen) atoms. The Morgan fingerprint density at radius 3 is 2.50 bits per heavy atom. The van der Waals surface area contributed by atoms with E-state index in [1.165, 1.54) is 19.3 Å². The van der Waals surface area contributed by atoms with Gasteiger partial charge < -0.3 is 4.90 Å². The predicted octanol–water partition coefficient (Wildman–Crippen LogP) is 2.68. The largest absolute Gasteiger partial charge is 0.338 e. The van der Waals surface area contributed by atoms with E-state index in [9.17, 15) is 0 Å². The number of hydrogen-bond acceptors (Lipinski definition) is 4. The van der Waals surface area contributed by atoms with Crippen molar-refractivity contribution in [3.05, 3.63) is 53.9 Å². The van der Waals surface area contributed by atoms with Gasteiger partial charge in [-0.05, 0) is 36.5 Å². The fourth-order valence-corrected chi connectivity index (χ4v) is 3.80. The number of rotatable bonds is 2. The molecule has 4 rings (SSSR count). The quantitative estimate of drug-likeness (QED) is 0.852. The molecular formula is C18H22N4. The van der Waals surface area contributed by atoms with Gasteiger partial charge in [0.15, 0.2) is 0 Å². The van der Waals surface area contributed by atoms with Crippen LogP contribution in [0.4, 0.5) is 5.95 Å². The van der Waals surface area contributed by atoms with Crippen LogP contribution in [-0.2, 0) is 6.42 Å². The van der Waals surface area contributed by atoms with Gasteiger partial charge in [-0.25, -0.2) is 9.97 Å². The van der Waals surface area contributed by atoms with Crippen LogP contribution in [0.15, 0.2) is 42.7 Å². The van der Waals surface area contributed by atoms with Crippen molar-refractivity contribution in [3.63, 3.8) is 0 Å². The minimum atomic E-state index is 0.601. The average molecular weight is 294 g/mol. The minimum absolute atomic E-state index is 0.601. The van der Waals surface area contributed by atoms with Crippen molar-refractivity contribution in [2.24, 2.45) is 0 Å². The molecule has 2 aromatic rings. The molecule has 1 aliphatic carbocycles. The normalized spacial score (nSPS) is 22.4. The van der Waals surface area contributed by atoms with E-state index in [0.29, 0.717) is 6.04 Å². The first-order valence-corrected chi connectivity index (χ1v) is 8.25. The molecule has 0 bridgehead atoms. The Hall–Kier alpha value is -1.94. The van der Waals surface area contributed by atoms with Crippen LogP contribution in [-0.4, -0.2) is 41.0 Å². The average Bonchev–Trinajstić information content (AvgIpc) is 2.62. The summed E-state index contributed by atoms with van der Waals surface area (Å²) in [4.78, 5) is 13.7. The van der Waals surface area contributed by atoms with Crippen molar-refractivity contribution < 1.29 is 0 Å². The molecule has 1 saturated heterocycles. The number of aryl methyl sites for hydroxylation is 1. The molecule has 114 valence electrons. The van der Waals surface area contributed by atoms with Gasteiger partial charge in [-0.2, -0.15) is 0 Å². The second-order valence-corrected chi connectivity index (χ2v) is 6.18. The molecule has 1 aromatic heterocycles. The van der Waals surface area contributed by atoms with Crippen LogP contribution in [0, 0.1) is 0 Å². The van der Waals surface area contributed by atoms with Gasteiger partial charge in [0.25, 0.3) is 0 Å². The molecule has 0 radical (unpaired) electrons. The topological polar surface area (TPSA) is 32.3 Å². The fraction of sp³-hybridized carbons (Fsp3) is 0.444. The summed E-state index contributed by atoms with van der Waals surface area (Å²) in [6.45, 7) is 4.22. The van der Waals surface area contributed by atoms with Gasteiger partial charge in [0, 0.05) is 44.6 Å². The van der Waals surface area contributed by atoms with Crippen LogP contribution in [0.5, 0.6) is 0 Å². The number of aromatic nitrogens is 2. The molecule has 0 spiro atoms. The molecule has 1 fully saturated rings. The van der Waals surface area contributed by atoms with E-state index in [4.69, 9.17) is 0 Å². The zero-order valence-corrected chi connectivity index (χ0v) is 12.9. The first kappa shape index (κ1) is 13.7. The van der Waals surface area contributed by atoms with Crippen molar-refractivity contribution in [3.8, 4) is 0 Å². The Balaban J connectivity index is 1.46. The minimum Gasteiger partial charge on any atom is -0.338 e. The molecule has 1 atom stereocenters. The predicted molar refractivity (Wildman–Crippen MR) is 87.9 cm³/mol. The van der Waals surface area contributed by atoms with Gasteiger partial charge in [0.2, 0.25) is 5.95 Å².